The van der Waals surface area contributed by atoms with Gasteiger partial charge in [-0.3, -0.25) is 4.90 Å². The molecule has 1 N–H and O–H groups in total. The predicted molar refractivity (Wildman–Crippen MR) is 86.5 cm³/mol. The Balaban J connectivity index is 2.04. The van der Waals surface area contributed by atoms with Gasteiger partial charge in [0, 0.05) is 19.1 Å². The van der Waals surface area contributed by atoms with E-state index < -0.39 is 12.8 Å². The van der Waals surface area contributed by atoms with Gasteiger partial charge in [-0.1, -0.05) is 6.07 Å². The van der Waals surface area contributed by atoms with Crippen molar-refractivity contribution in [1.82, 2.24) is 10.2 Å². The highest BCUT2D eigenvalue weighted by molar-refractivity contribution is 5.43. The Bertz CT molecular complexity index is 523. The minimum Gasteiger partial charge on any atom is -0.490 e. The maximum absolute atomic E-state index is 12.3. The summed E-state index contributed by atoms with van der Waals surface area (Å²) in [6.07, 6.45) is -2.06. The van der Waals surface area contributed by atoms with Crippen molar-refractivity contribution in [2.24, 2.45) is 0 Å². The number of piperidine rings is 1. The van der Waals surface area contributed by atoms with Crippen LogP contribution < -0.4 is 14.8 Å². The first-order valence-electron chi connectivity index (χ1n) is 8.26. The number of rotatable bonds is 7. The second-order valence-corrected chi connectivity index (χ2v) is 5.98. The molecule has 7 heteroatoms. The Kier molecular flexibility index (Phi) is 6.74. The van der Waals surface area contributed by atoms with Gasteiger partial charge >= 0.3 is 6.18 Å². The standard InChI is InChI=1S/C17H25F3N2O2/c1-3-23-16-9-13(6-7-15(16)24-12-17(18,19)20)10-22-8-4-5-14(11-22)21-2/h6-7,9,14,21H,3-5,8,10-12H2,1-2H3. The molecule has 0 amide bonds. The largest absolute Gasteiger partial charge is 0.490 e. The lowest BCUT2D eigenvalue weighted by molar-refractivity contribution is -0.153. The number of nitrogens with zero attached hydrogens (tertiary/aromatic N) is 1. The van der Waals surface area contributed by atoms with Crippen molar-refractivity contribution in [2.75, 3.05) is 33.4 Å². The summed E-state index contributed by atoms with van der Waals surface area (Å²) < 4.78 is 47.3. The lowest BCUT2D eigenvalue weighted by Crippen LogP contribution is -2.43. The highest BCUT2D eigenvalue weighted by Gasteiger charge is 2.29. The summed E-state index contributed by atoms with van der Waals surface area (Å²) in [6.45, 7) is 3.58. The summed E-state index contributed by atoms with van der Waals surface area (Å²) in [5.41, 5.74) is 1.01. The zero-order valence-electron chi connectivity index (χ0n) is 14.2. The number of halogens is 3. The van der Waals surface area contributed by atoms with Gasteiger partial charge in [0.2, 0.25) is 0 Å². The molecule has 4 nitrogen and oxygen atoms in total. The summed E-state index contributed by atoms with van der Waals surface area (Å²) >= 11 is 0. The normalized spacial score (nSPS) is 19.3. The molecule has 1 aliphatic rings. The number of likely N-dealkylation sites (N-methyl/N-ethyl adjacent to an activating group) is 1. The molecule has 0 saturated carbocycles. The number of likely N-dealkylation sites (tertiary alicyclic amines) is 1. The highest BCUT2D eigenvalue weighted by atomic mass is 19.4. The Hall–Kier alpha value is -1.47. The van der Waals surface area contributed by atoms with E-state index in [2.05, 4.69) is 10.2 Å². The SMILES string of the molecule is CCOc1cc(CN2CCCC(NC)C2)ccc1OCC(F)(F)F. The van der Waals surface area contributed by atoms with E-state index in [1.807, 2.05) is 7.05 Å². The number of benzene rings is 1. The quantitative estimate of drug-likeness (QED) is 0.822. The van der Waals surface area contributed by atoms with Crippen LogP contribution in [0, 0.1) is 0 Å². The van der Waals surface area contributed by atoms with Crippen molar-refractivity contribution in [3.63, 3.8) is 0 Å². The molecule has 1 aliphatic heterocycles. The van der Waals surface area contributed by atoms with Crippen molar-refractivity contribution in [3.8, 4) is 11.5 Å². The van der Waals surface area contributed by atoms with Crippen LogP contribution >= 0.6 is 0 Å². The van der Waals surface area contributed by atoms with Crippen LogP contribution in [0.1, 0.15) is 25.3 Å². The number of ether oxygens (including phenoxy) is 2. The number of hydrogen-bond donors (Lipinski definition) is 1. The first kappa shape index (κ1) is 18.9. The molecule has 1 heterocycles. The molecule has 24 heavy (non-hydrogen) atoms. The first-order chi connectivity index (χ1) is 11.4. The predicted octanol–water partition coefficient (Wildman–Crippen LogP) is 3.21. The van der Waals surface area contributed by atoms with Crippen LogP contribution in [0.4, 0.5) is 13.2 Å². The van der Waals surface area contributed by atoms with Gasteiger partial charge in [-0.15, -0.1) is 0 Å². The minimum atomic E-state index is -4.36. The van der Waals surface area contributed by atoms with E-state index in [0.29, 0.717) is 18.4 Å². The van der Waals surface area contributed by atoms with Gasteiger partial charge in [-0.05, 0) is 51.1 Å². The summed E-state index contributed by atoms with van der Waals surface area (Å²) in [5, 5.41) is 3.30. The van der Waals surface area contributed by atoms with E-state index in [1.54, 1.807) is 25.1 Å². The maximum atomic E-state index is 12.3. The first-order valence-corrected chi connectivity index (χ1v) is 8.26. The fourth-order valence-electron chi connectivity index (χ4n) is 2.89. The van der Waals surface area contributed by atoms with Gasteiger partial charge in [0.1, 0.15) is 0 Å². The van der Waals surface area contributed by atoms with Crippen molar-refractivity contribution >= 4 is 0 Å². The summed E-state index contributed by atoms with van der Waals surface area (Å²) in [6, 6.07) is 5.63. The molecule has 0 bridgehead atoms. The number of hydrogen-bond acceptors (Lipinski definition) is 4. The second-order valence-electron chi connectivity index (χ2n) is 5.98. The third kappa shape index (κ3) is 5.87. The van der Waals surface area contributed by atoms with Crippen LogP contribution in [0.5, 0.6) is 11.5 Å². The molecule has 1 unspecified atom stereocenters. The maximum Gasteiger partial charge on any atom is 0.422 e. The van der Waals surface area contributed by atoms with Crippen LogP contribution in [0.15, 0.2) is 18.2 Å². The second kappa shape index (κ2) is 8.58. The van der Waals surface area contributed by atoms with Crippen LogP contribution in [0.2, 0.25) is 0 Å². The summed E-state index contributed by atoms with van der Waals surface area (Å²) in [4.78, 5) is 2.34. The molecule has 0 spiro atoms. The number of alkyl halides is 3. The van der Waals surface area contributed by atoms with Crippen molar-refractivity contribution in [1.29, 1.82) is 0 Å². The molecule has 1 atom stereocenters. The van der Waals surface area contributed by atoms with E-state index in [9.17, 15) is 13.2 Å². The lowest BCUT2D eigenvalue weighted by Gasteiger charge is -2.32. The highest BCUT2D eigenvalue weighted by Crippen LogP contribution is 2.31. The molecule has 0 aliphatic carbocycles. The Morgan fingerprint density at radius 2 is 2.04 bits per heavy atom. The smallest absolute Gasteiger partial charge is 0.422 e. The molecule has 2 rings (SSSR count). The van der Waals surface area contributed by atoms with E-state index >= 15 is 0 Å². The van der Waals surface area contributed by atoms with Gasteiger partial charge in [-0.25, -0.2) is 0 Å². The zero-order chi connectivity index (χ0) is 17.6. The average molecular weight is 346 g/mol. The van der Waals surface area contributed by atoms with Crippen molar-refractivity contribution < 1.29 is 22.6 Å². The van der Waals surface area contributed by atoms with Gasteiger partial charge < -0.3 is 14.8 Å². The van der Waals surface area contributed by atoms with Gasteiger partial charge in [-0.2, -0.15) is 13.2 Å². The molecule has 1 saturated heterocycles. The van der Waals surface area contributed by atoms with Gasteiger partial charge in [0.05, 0.1) is 6.61 Å². The Labute approximate surface area is 140 Å². The Morgan fingerprint density at radius 1 is 1.25 bits per heavy atom. The van der Waals surface area contributed by atoms with Gasteiger partial charge in [0.25, 0.3) is 0 Å². The summed E-state index contributed by atoms with van der Waals surface area (Å²) in [7, 11) is 1.97. The molecule has 136 valence electrons. The monoisotopic (exact) mass is 346 g/mol. The molecule has 1 aromatic rings. The van der Waals surface area contributed by atoms with Crippen LogP contribution in [0.3, 0.4) is 0 Å². The van der Waals surface area contributed by atoms with E-state index in [4.69, 9.17) is 9.47 Å². The molecule has 1 aromatic carbocycles. The molecular formula is C17H25F3N2O2. The average Bonchev–Trinajstić information content (AvgIpc) is 2.54. The van der Waals surface area contributed by atoms with Crippen LogP contribution in [-0.4, -0.2) is 50.5 Å². The van der Waals surface area contributed by atoms with Crippen LogP contribution in [0.25, 0.3) is 0 Å². The lowest BCUT2D eigenvalue weighted by atomic mass is 10.0. The third-order valence-corrected chi connectivity index (χ3v) is 4.02. The fraction of sp³-hybridized carbons (Fsp3) is 0.647. The van der Waals surface area contributed by atoms with Crippen molar-refractivity contribution in [3.05, 3.63) is 23.8 Å². The third-order valence-electron chi connectivity index (χ3n) is 4.02. The van der Waals surface area contributed by atoms with Gasteiger partial charge in [0.15, 0.2) is 18.1 Å². The Morgan fingerprint density at radius 3 is 2.71 bits per heavy atom. The minimum absolute atomic E-state index is 0.129. The zero-order valence-corrected chi connectivity index (χ0v) is 14.2. The van der Waals surface area contributed by atoms with Crippen molar-refractivity contribution in [2.45, 2.75) is 38.5 Å². The fourth-order valence-corrected chi connectivity index (χ4v) is 2.89. The molecule has 1 fully saturated rings. The topological polar surface area (TPSA) is 33.7 Å². The van der Waals surface area contributed by atoms with E-state index in [1.165, 1.54) is 6.42 Å². The molecule has 0 aromatic heterocycles. The van der Waals surface area contributed by atoms with Crippen LogP contribution in [-0.2, 0) is 6.54 Å². The van der Waals surface area contributed by atoms with E-state index in [0.717, 1.165) is 31.6 Å². The summed E-state index contributed by atoms with van der Waals surface area (Å²) in [5.74, 6) is 0.492. The van der Waals surface area contributed by atoms with E-state index in [-0.39, 0.29) is 5.75 Å². The number of nitrogens with one attached hydrogen (secondary N) is 1. The molecule has 0 radical (unpaired) electrons. The molecular weight excluding hydrogens is 321 g/mol.